The fourth-order valence-corrected chi connectivity index (χ4v) is 16.9. The van der Waals surface area contributed by atoms with Crippen LogP contribution in [0.15, 0.2) is 194 Å². The summed E-state index contributed by atoms with van der Waals surface area (Å²) in [6, 6.07) is 74.1. The van der Waals surface area contributed by atoms with E-state index in [9.17, 15) is 0 Å². The summed E-state index contributed by atoms with van der Waals surface area (Å²) < 4.78 is 10.0. The van der Waals surface area contributed by atoms with Gasteiger partial charge >= 0.3 is 377 Å². The summed E-state index contributed by atoms with van der Waals surface area (Å²) in [4.78, 5) is 11.4. The van der Waals surface area contributed by atoms with Crippen molar-refractivity contribution in [1.82, 2.24) is 0 Å². The number of rotatable bonds is 0. The van der Waals surface area contributed by atoms with Gasteiger partial charge in [0.05, 0.1) is 0 Å². The van der Waals surface area contributed by atoms with Crippen LogP contribution in [0.4, 0.5) is 22.7 Å². The van der Waals surface area contributed by atoms with E-state index in [0.29, 0.717) is 0 Å². The van der Waals surface area contributed by atoms with Gasteiger partial charge in [0, 0.05) is 0 Å². The van der Waals surface area contributed by atoms with Crippen LogP contribution >= 0.6 is 0 Å². The SMILES string of the molecule is c1cc2cc(c1)C1(c3ccccc3-c3ccccc31)N1[C]3=[Pt]=[C]4N(c5ccccc5N4C4(c5cccc(c5)O2)c2ccccc2-c2ccccc24)C2CCCC2N3c2ccccc21. The second-order valence-corrected chi connectivity index (χ2v) is 20.4. The normalized spacial score (nSPS) is 20.4. The number of hydrogen-bond donors (Lipinski definition) is 0. The maximum atomic E-state index is 7.17. The minimum atomic E-state index is -0.954. The monoisotopic (exact) mass is 991 g/mol. The second-order valence-electron chi connectivity index (χ2n) is 17.8. The fraction of sp³-hybridized carbons (Fsp3) is 0.123. The van der Waals surface area contributed by atoms with Gasteiger partial charge in [0.2, 0.25) is 0 Å². The molecule has 0 radical (unpaired) electrons. The fourth-order valence-electron chi connectivity index (χ4n) is 12.7. The molecule has 0 aromatic heterocycles. The molecule has 8 aromatic rings. The van der Waals surface area contributed by atoms with Crippen LogP contribution < -0.4 is 24.3 Å². The first-order chi connectivity index (χ1) is 31.3. The Kier molecular flexibility index (Phi) is 6.85. The van der Waals surface area contributed by atoms with Gasteiger partial charge in [-0.05, 0) is 0 Å². The summed E-state index contributed by atoms with van der Waals surface area (Å²) in [5, 5.41) is 0. The van der Waals surface area contributed by atoms with E-state index in [0.717, 1.165) is 24.3 Å². The molecule has 4 aliphatic heterocycles. The van der Waals surface area contributed by atoms with Gasteiger partial charge in [0.25, 0.3) is 0 Å². The van der Waals surface area contributed by atoms with Gasteiger partial charge in [0.15, 0.2) is 0 Å². The molecule has 0 amide bonds. The average Bonchev–Trinajstić information content (AvgIpc) is 4.12. The first kappa shape index (κ1) is 34.7. The van der Waals surface area contributed by atoms with Crippen molar-refractivity contribution >= 4 is 31.0 Å². The van der Waals surface area contributed by atoms with Crippen LogP contribution in [0, 0.1) is 0 Å². The third kappa shape index (κ3) is 4.18. The van der Waals surface area contributed by atoms with Gasteiger partial charge in [0.1, 0.15) is 0 Å². The number of ether oxygens (including phenoxy) is 1. The molecule has 1 saturated carbocycles. The topological polar surface area (TPSA) is 22.2 Å². The van der Waals surface area contributed by atoms with Crippen LogP contribution in [0.1, 0.15) is 52.6 Å². The van der Waals surface area contributed by atoms with E-state index in [2.05, 4.69) is 214 Å². The molecule has 7 aliphatic rings. The van der Waals surface area contributed by atoms with Crippen molar-refractivity contribution in [3.8, 4) is 33.8 Å². The number of anilines is 4. The van der Waals surface area contributed by atoms with E-state index >= 15 is 0 Å². The molecular weight excluding hydrogens is 952 g/mol. The Morgan fingerprint density at radius 1 is 0.397 bits per heavy atom. The number of fused-ring (bicyclic) bond motifs is 27. The Hall–Kier alpha value is -6.81. The van der Waals surface area contributed by atoms with Gasteiger partial charge in [-0.3, -0.25) is 0 Å². The molecule has 63 heavy (non-hydrogen) atoms. The molecule has 2 unspecified atom stereocenters. The van der Waals surface area contributed by atoms with Crippen LogP contribution in [-0.4, -0.2) is 20.4 Å². The molecule has 8 aromatic carbocycles. The Morgan fingerprint density at radius 3 is 1.17 bits per heavy atom. The van der Waals surface area contributed by atoms with Crippen LogP contribution in [0.2, 0.25) is 0 Å². The molecule has 0 N–H and O–H groups in total. The van der Waals surface area contributed by atoms with Gasteiger partial charge in [-0.25, -0.2) is 0 Å². The zero-order valence-electron chi connectivity index (χ0n) is 34.3. The van der Waals surface area contributed by atoms with Crippen molar-refractivity contribution in [1.29, 1.82) is 0 Å². The van der Waals surface area contributed by atoms with Crippen LogP contribution in [0.25, 0.3) is 22.3 Å². The molecule has 4 heterocycles. The Balaban J connectivity index is 1.17. The van der Waals surface area contributed by atoms with Crippen molar-refractivity contribution in [2.24, 2.45) is 0 Å². The number of nitrogens with zero attached hydrogens (tertiary/aromatic N) is 4. The molecule has 2 atom stereocenters. The van der Waals surface area contributed by atoms with Crippen LogP contribution in [0.5, 0.6) is 11.5 Å². The number of para-hydroxylation sites is 4. The van der Waals surface area contributed by atoms with E-state index < -0.39 is 28.7 Å². The molecule has 304 valence electrons. The van der Waals surface area contributed by atoms with Crippen molar-refractivity contribution in [2.45, 2.75) is 42.4 Å². The van der Waals surface area contributed by atoms with Crippen molar-refractivity contribution < 1.29 is 22.4 Å². The first-order valence-corrected chi connectivity index (χ1v) is 24.5. The molecule has 15 rings (SSSR count). The summed E-state index contributed by atoms with van der Waals surface area (Å²) in [6.45, 7) is 0. The summed E-state index contributed by atoms with van der Waals surface area (Å²) in [5.41, 5.74) is 16.6. The predicted molar refractivity (Wildman–Crippen MR) is 251 cm³/mol. The first-order valence-electron chi connectivity index (χ1n) is 22.2. The quantitative estimate of drug-likeness (QED) is 0.151. The van der Waals surface area contributed by atoms with E-state index in [-0.39, 0.29) is 12.1 Å². The van der Waals surface area contributed by atoms with Gasteiger partial charge in [-0.15, -0.1) is 0 Å². The molecule has 3 aliphatic carbocycles. The predicted octanol–water partition coefficient (Wildman–Crippen LogP) is 11.9. The van der Waals surface area contributed by atoms with Crippen LogP contribution in [-0.2, 0) is 28.7 Å². The van der Waals surface area contributed by atoms with E-state index in [4.69, 9.17) is 4.74 Å². The standard InChI is InChI=1S/C57H40N4O.Pt/c1-5-24-46-42(20-1)43-21-2-6-25-47(43)56(46)38-16-13-18-40(34-38)62-41-19-14-17-39(35-41)57(48-26-7-3-22-44(48)45-23-4-8-27-49(45)57)61-37-59(53-29-10-12-31-55(53)61)51-33-15-32-50(51)58-36-60(56)54-30-11-9-28-52(54)58;/h1-14,16-31,34-35,50-51H,15,32-33H2;. The van der Waals surface area contributed by atoms with Gasteiger partial charge in [-0.1, -0.05) is 0 Å². The summed E-state index contributed by atoms with van der Waals surface area (Å²) in [5.74, 6) is 1.66. The molecule has 0 saturated heterocycles. The van der Waals surface area contributed by atoms with Crippen molar-refractivity contribution in [2.75, 3.05) is 19.6 Å². The molecule has 2 spiro atoms. The molecule has 6 heteroatoms. The third-order valence-electron chi connectivity index (χ3n) is 15.0. The summed E-state index contributed by atoms with van der Waals surface area (Å²) >= 11 is -0.954. The maximum absolute atomic E-state index is 7.17. The number of hydrogen-bond acceptors (Lipinski definition) is 5. The zero-order chi connectivity index (χ0) is 41.0. The zero-order valence-corrected chi connectivity index (χ0v) is 36.5. The minimum absolute atomic E-state index is 0.286. The summed E-state index contributed by atoms with van der Waals surface area (Å²) in [6.07, 6.45) is 3.45. The van der Waals surface area contributed by atoms with Crippen LogP contribution in [0.3, 0.4) is 0 Å². The third-order valence-corrected chi connectivity index (χ3v) is 18.1. The molecular formula is C57H40N4OPt. The molecule has 1 fully saturated rings. The Morgan fingerprint density at radius 2 is 0.762 bits per heavy atom. The Labute approximate surface area is 374 Å². The van der Waals surface area contributed by atoms with E-state index in [1.807, 2.05) is 0 Å². The van der Waals surface area contributed by atoms with E-state index in [1.54, 1.807) is 0 Å². The molecule has 5 nitrogen and oxygen atoms in total. The average molecular weight is 992 g/mol. The Bertz CT molecular complexity index is 3080. The van der Waals surface area contributed by atoms with Crippen molar-refractivity contribution in [3.05, 3.63) is 228 Å². The van der Waals surface area contributed by atoms with Gasteiger partial charge in [-0.2, -0.15) is 0 Å². The van der Waals surface area contributed by atoms with Crippen molar-refractivity contribution in [3.63, 3.8) is 0 Å². The van der Waals surface area contributed by atoms with Gasteiger partial charge < -0.3 is 0 Å². The summed E-state index contributed by atoms with van der Waals surface area (Å²) in [7, 11) is 0. The molecule has 6 bridgehead atoms. The number of benzene rings is 8. The second kappa shape index (κ2) is 12.4. The van der Waals surface area contributed by atoms with E-state index in [1.165, 1.54) is 93.1 Å².